The van der Waals surface area contributed by atoms with Gasteiger partial charge in [0.25, 0.3) is 0 Å². The number of ether oxygens (including phenoxy) is 1. The van der Waals surface area contributed by atoms with Crippen LogP contribution in [0.15, 0.2) is 53.4 Å². The molecule has 0 saturated heterocycles. The summed E-state index contributed by atoms with van der Waals surface area (Å²) in [5.41, 5.74) is 0.162. The van der Waals surface area contributed by atoms with Gasteiger partial charge in [-0.2, -0.15) is 0 Å². The van der Waals surface area contributed by atoms with Crippen LogP contribution in [0.4, 0.5) is 0 Å². The fourth-order valence-corrected chi connectivity index (χ4v) is 4.66. The third kappa shape index (κ3) is 3.48. The summed E-state index contributed by atoms with van der Waals surface area (Å²) in [5.74, 6) is -2.32. The van der Waals surface area contributed by atoms with Crippen molar-refractivity contribution in [2.24, 2.45) is 0 Å². The molecule has 2 aromatic carbocycles. The maximum absolute atomic E-state index is 13.7. The van der Waals surface area contributed by atoms with Gasteiger partial charge in [-0.15, -0.1) is 0 Å². The molecule has 1 heterocycles. The Morgan fingerprint density at radius 2 is 1.76 bits per heavy atom. The van der Waals surface area contributed by atoms with E-state index in [0.29, 0.717) is 12.2 Å². The summed E-state index contributed by atoms with van der Waals surface area (Å²) in [6.07, 6.45) is 2.88. The number of rotatable bonds is 6. The van der Waals surface area contributed by atoms with Crippen molar-refractivity contribution >= 4 is 17.3 Å². The number of carbonyl (C=O) groups excluding carboxylic acids is 3. The van der Waals surface area contributed by atoms with Gasteiger partial charge in [-0.05, 0) is 46.1 Å². The van der Waals surface area contributed by atoms with E-state index in [1.807, 2.05) is 30.3 Å². The predicted octanol–water partition coefficient (Wildman–Crippen LogP) is 3.79. The number of benzene rings is 2. The van der Waals surface area contributed by atoms with E-state index >= 15 is 0 Å². The first-order chi connectivity index (χ1) is 16.1. The van der Waals surface area contributed by atoms with Crippen LogP contribution in [-0.4, -0.2) is 34.1 Å². The second-order valence-electron chi connectivity index (χ2n) is 8.90. The zero-order chi connectivity index (χ0) is 24.8. The van der Waals surface area contributed by atoms with Gasteiger partial charge in [-0.25, -0.2) is 0 Å². The quantitative estimate of drug-likeness (QED) is 0.260. The Hall–Kier alpha value is -3.87. The zero-order valence-corrected chi connectivity index (χ0v) is 19.6. The third-order valence-corrected chi connectivity index (χ3v) is 6.64. The molecule has 176 valence electrons. The van der Waals surface area contributed by atoms with Gasteiger partial charge in [0.1, 0.15) is 34.0 Å². The maximum Gasteiger partial charge on any atom is 0.194 e. The fourth-order valence-electron chi connectivity index (χ4n) is 4.66. The second-order valence-corrected chi connectivity index (χ2v) is 8.90. The minimum atomic E-state index is -1.50. The number of allylic oxidation sites excluding steroid dienone is 4. The van der Waals surface area contributed by atoms with Gasteiger partial charge < -0.3 is 20.3 Å². The monoisotopic (exact) mass is 461 g/mol. The fraction of sp³-hybridized carbons (Fsp3) is 0.296. The average Bonchev–Trinajstić information content (AvgIpc) is 3.09. The molecule has 0 amide bonds. The van der Waals surface area contributed by atoms with Gasteiger partial charge in [-0.1, -0.05) is 30.3 Å². The Balaban J connectivity index is 1.69. The molecule has 7 nitrogen and oxygen atoms in total. The molecule has 3 N–H and O–H groups in total. The lowest BCUT2D eigenvalue weighted by Crippen LogP contribution is -2.41. The van der Waals surface area contributed by atoms with Crippen LogP contribution in [0.5, 0.6) is 17.2 Å². The standard InChI is InChI=1S/C27H27NO6/c1-14-23(31)21(16(3)29)25-22(24(14)32)27(4)19(34-25)13-18(30)20(26(27)33)15(2)28-12-8-11-17-9-6-5-7-10-17/h5-7,9-10,13,28,31-32H,8,11-12H2,1-4H3/b20-15+/t27-/m1/s1. The molecule has 2 aromatic rings. The van der Waals surface area contributed by atoms with Crippen molar-refractivity contribution in [3.05, 3.63) is 75.7 Å². The Morgan fingerprint density at radius 1 is 1.09 bits per heavy atom. The van der Waals surface area contributed by atoms with Gasteiger partial charge in [0.2, 0.25) is 0 Å². The Morgan fingerprint density at radius 3 is 2.41 bits per heavy atom. The van der Waals surface area contributed by atoms with E-state index in [2.05, 4.69) is 5.32 Å². The first-order valence-electron chi connectivity index (χ1n) is 11.2. The molecule has 0 unspecified atom stereocenters. The summed E-state index contributed by atoms with van der Waals surface area (Å²) in [6, 6.07) is 10.0. The third-order valence-electron chi connectivity index (χ3n) is 6.64. The number of Topliss-reactive ketones (excluding diaryl/α,β-unsaturated/α-hetero) is 2. The summed E-state index contributed by atoms with van der Waals surface area (Å²) in [7, 11) is 0. The number of hydrogen-bond acceptors (Lipinski definition) is 7. The number of hydrogen-bond donors (Lipinski definition) is 3. The molecule has 1 aliphatic carbocycles. The molecule has 2 aliphatic rings. The number of fused-ring (bicyclic) bond motifs is 3. The molecule has 34 heavy (non-hydrogen) atoms. The van der Waals surface area contributed by atoms with E-state index in [9.17, 15) is 24.6 Å². The Bertz CT molecular complexity index is 1290. The van der Waals surface area contributed by atoms with Crippen molar-refractivity contribution in [1.29, 1.82) is 0 Å². The number of phenols is 2. The number of nitrogens with one attached hydrogen (secondary N) is 1. The number of aromatic hydroxyl groups is 2. The zero-order valence-electron chi connectivity index (χ0n) is 19.6. The number of carbonyl (C=O) groups is 3. The van der Waals surface area contributed by atoms with Crippen LogP contribution in [-0.2, 0) is 21.4 Å². The summed E-state index contributed by atoms with van der Waals surface area (Å²) in [6.45, 7) is 6.52. The minimum Gasteiger partial charge on any atom is -0.507 e. The van der Waals surface area contributed by atoms with Crippen molar-refractivity contribution < 1.29 is 29.3 Å². The molecule has 0 aromatic heterocycles. The Labute approximate surface area is 197 Å². The smallest absolute Gasteiger partial charge is 0.194 e. The van der Waals surface area contributed by atoms with Crippen molar-refractivity contribution in [2.45, 2.75) is 46.0 Å². The first kappa shape index (κ1) is 23.3. The highest BCUT2D eigenvalue weighted by Gasteiger charge is 2.56. The van der Waals surface area contributed by atoms with Gasteiger partial charge >= 0.3 is 0 Å². The van der Waals surface area contributed by atoms with Crippen molar-refractivity contribution in [3.8, 4) is 17.2 Å². The second kappa shape index (κ2) is 8.48. The summed E-state index contributed by atoms with van der Waals surface area (Å²) in [5, 5.41) is 24.5. The normalized spacial score (nSPS) is 20.3. The van der Waals surface area contributed by atoms with Gasteiger partial charge in [0.05, 0.1) is 11.1 Å². The lowest BCUT2D eigenvalue weighted by Gasteiger charge is -2.29. The van der Waals surface area contributed by atoms with Crippen LogP contribution in [0.1, 0.15) is 54.2 Å². The minimum absolute atomic E-state index is 0.0167. The van der Waals surface area contributed by atoms with Crippen molar-refractivity contribution in [3.63, 3.8) is 0 Å². The van der Waals surface area contributed by atoms with Crippen molar-refractivity contribution in [2.75, 3.05) is 6.54 Å². The van der Waals surface area contributed by atoms with Crippen molar-refractivity contribution in [1.82, 2.24) is 5.32 Å². The summed E-state index contributed by atoms with van der Waals surface area (Å²) in [4.78, 5) is 38.9. The van der Waals surface area contributed by atoms with E-state index in [4.69, 9.17) is 4.74 Å². The van der Waals surface area contributed by atoms with Gasteiger partial charge in [0, 0.05) is 23.9 Å². The van der Waals surface area contributed by atoms with Crippen LogP contribution < -0.4 is 10.1 Å². The van der Waals surface area contributed by atoms with E-state index in [1.165, 1.54) is 25.5 Å². The van der Waals surface area contributed by atoms with Crippen LogP contribution in [0, 0.1) is 6.92 Å². The molecule has 4 rings (SSSR count). The molecule has 0 fully saturated rings. The molecule has 0 bridgehead atoms. The first-order valence-corrected chi connectivity index (χ1v) is 11.2. The molecule has 1 aliphatic heterocycles. The molecule has 0 spiro atoms. The average molecular weight is 462 g/mol. The lowest BCUT2D eigenvalue weighted by atomic mass is 9.70. The largest absolute Gasteiger partial charge is 0.507 e. The van der Waals surface area contributed by atoms with E-state index in [0.717, 1.165) is 12.8 Å². The van der Waals surface area contributed by atoms with E-state index in [1.54, 1.807) is 13.8 Å². The maximum atomic E-state index is 13.7. The van der Waals surface area contributed by atoms with Crippen LogP contribution in [0.25, 0.3) is 0 Å². The number of ketones is 3. The lowest BCUT2D eigenvalue weighted by molar-refractivity contribution is -0.123. The highest BCUT2D eigenvalue weighted by molar-refractivity contribution is 6.31. The summed E-state index contributed by atoms with van der Waals surface area (Å²) < 4.78 is 5.78. The predicted molar refractivity (Wildman–Crippen MR) is 126 cm³/mol. The SMILES string of the molecule is CC(=O)c1c(O)c(C)c(O)c2c1OC1=CC(=O)/C(=C(/C)NCCCc3ccccc3)C(=O)[C@]12C. The highest BCUT2D eigenvalue weighted by Crippen LogP contribution is 2.57. The molecular weight excluding hydrogens is 434 g/mol. The number of phenolic OH excluding ortho intramolecular Hbond substituents is 2. The van der Waals surface area contributed by atoms with Gasteiger partial charge in [0.15, 0.2) is 17.3 Å². The molecule has 0 saturated carbocycles. The van der Waals surface area contributed by atoms with E-state index in [-0.39, 0.29) is 39.5 Å². The molecule has 0 radical (unpaired) electrons. The van der Waals surface area contributed by atoms with Gasteiger partial charge in [-0.3, -0.25) is 14.4 Å². The molecule has 1 atom stereocenters. The summed E-state index contributed by atoms with van der Waals surface area (Å²) >= 11 is 0. The topological polar surface area (TPSA) is 113 Å². The Kier molecular flexibility index (Phi) is 5.81. The highest BCUT2D eigenvalue weighted by atomic mass is 16.5. The number of aryl methyl sites for hydroxylation is 1. The van der Waals surface area contributed by atoms with Crippen LogP contribution >= 0.6 is 0 Å². The van der Waals surface area contributed by atoms with Crippen LogP contribution in [0.3, 0.4) is 0 Å². The van der Waals surface area contributed by atoms with Crippen LogP contribution in [0.2, 0.25) is 0 Å². The van der Waals surface area contributed by atoms with E-state index < -0.39 is 28.5 Å². The molecular formula is C27H27NO6. The molecule has 7 heteroatoms.